The maximum atomic E-state index is 10.6. The van der Waals surface area contributed by atoms with E-state index in [-0.39, 0.29) is 11.9 Å². The zero-order valence-electron chi connectivity index (χ0n) is 11.2. The van der Waals surface area contributed by atoms with Gasteiger partial charge >= 0.3 is 0 Å². The number of ether oxygens (including phenoxy) is 1. The average Bonchev–Trinajstić information content (AvgIpc) is 3.18. The van der Waals surface area contributed by atoms with Crippen molar-refractivity contribution in [3.8, 4) is 11.6 Å². The van der Waals surface area contributed by atoms with Crippen molar-refractivity contribution in [3.05, 3.63) is 18.4 Å². The van der Waals surface area contributed by atoms with E-state index < -0.39 is 5.97 Å². The van der Waals surface area contributed by atoms with Crippen LogP contribution in [0.4, 0.5) is 0 Å². The van der Waals surface area contributed by atoms with Crippen molar-refractivity contribution >= 4 is 17.7 Å². The van der Waals surface area contributed by atoms with Gasteiger partial charge in [-0.05, 0) is 25.0 Å². The van der Waals surface area contributed by atoms with E-state index in [9.17, 15) is 9.90 Å². The van der Waals surface area contributed by atoms with Crippen molar-refractivity contribution in [1.82, 2.24) is 14.8 Å². The van der Waals surface area contributed by atoms with Gasteiger partial charge < -0.3 is 19.1 Å². The van der Waals surface area contributed by atoms with Gasteiger partial charge in [-0.25, -0.2) is 0 Å². The van der Waals surface area contributed by atoms with Crippen LogP contribution in [-0.2, 0) is 16.1 Å². The molecule has 112 valence electrons. The molecule has 2 aromatic heterocycles. The highest BCUT2D eigenvalue weighted by Crippen LogP contribution is 2.26. The Morgan fingerprint density at radius 1 is 1.52 bits per heavy atom. The van der Waals surface area contributed by atoms with E-state index >= 15 is 0 Å². The van der Waals surface area contributed by atoms with Gasteiger partial charge in [0.05, 0.1) is 24.9 Å². The molecule has 1 fully saturated rings. The predicted octanol–water partition coefficient (Wildman–Crippen LogP) is 0.559. The third-order valence-electron chi connectivity index (χ3n) is 3.19. The minimum Gasteiger partial charge on any atom is -0.549 e. The fourth-order valence-corrected chi connectivity index (χ4v) is 2.93. The van der Waals surface area contributed by atoms with Gasteiger partial charge in [0.2, 0.25) is 5.82 Å². The summed E-state index contributed by atoms with van der Waals surface area (Å²) in [6, 6.07) is 3.57. The van der Waals surface area contributed by atoms with E-state index in [2.05, 4.69) is 10.2 Å². The Bertz CT molecular complexity index is 605. The van der Waals surface area contributed by atoms with Gasteiger partial charge in [-0.2, -0.15) is 0 Å². The second-order valence-electron chi connectivity index (χ2n) is 4.69. The van der Waals surface area contributed by atoms with Crippen LogP contribution in [0.5, 0.6) is 0 Å². The van der Waals surface area contributed by atoms with Crippen molar-refractivity contribution in [2.75, 3.05) is 12.4 Å². The first-order valence-corrected chi connectivity index (χ1v) is 7.64. The molecule has 0 unspecified atom stereocenters. The monoisotopic (exact) mass is 308 g/mol. The zero-order chi connectivity index (χ0) is 14.7. The summed E-state index contributed by atoms with van der Waals surface area (Å²) in [7, 11) is 0. The SMILES string of the molecule is O=C([O-])CSc1nnc(-c2ccco2)n1C[C@@H]1CCCO1. The first-order chi connectivity index (χ1) is 10.2. The molecule has 0 N–H and O–H groups in total. The van der Waals surface area contributed by atoms with Crippen LogP contribution >= 0.6 is 11.8 Å². The lowest BCUT2D eigenvalue weighted by Gasteiger charge is -2.13. The molecular weight excluding hydrogens is 294 g/mol. The molecule has 21 heavy (non-hydrogen) atoms. The maximum absolute atomic E-state index is 10.6. The van der Waals surface area contributed by atoms with E-state index in [0.29, 0.717) is 23.3 Å². The summed E-state index contributed by atoms with van der Waals surface area (Å²) in [4.78, 5) is 10.6. The van der Waals surface area contributed by atoms with E-state index in [1.54, 1.807) is 18.4 Å². The number of aliphatic carboxylic acids is 1. The molecule has 0 bridgehead atoms. The van der Waals surface area contributed by atoms with Crippen LogP contribution in [0.25, 0.3) is 11.6 Å². The number of rotatable bonds is 6. The van der Waals surface area contributed by atoms with Gasteiger partial charge in [-0.1, -0.05) is 11.8 Å². The Balaban J connectivity index is 1.86. The normalized spacial score (nSPS) is 18.2. The average molecular weight is 308 g/mol. The number of thioether (sulfide) groups is 1. The van der Waals surface area contributed by atoms with Gasteiger partial charge in [0.15, 0.2) is 10.9 Å². The van der Waals surface area contributed by atoms with Gasteiger partial charge in [0.25, 0.3) is 0 Å². The molecule has 0 saturated carbocycles. The van der Waals surface area contributed by atoms with Gasteiger partial charge in [0.1, 0.15) is 0 Å². The van der Waals surface area contributed by atoms with Crippen molar-refractivity contribution in [3.63, 3.8) is 0 Å². The smallest absolute Gasteiger partial charge is 0.200 e. The molecule has 0 radical (unpaired) electrons. The van der Waals surface area contributed by atoms with Crippen LogP contribution in [0, 0.1) is 0 Å². The lowest BCUT2D eigenvalue weighted by atomic mass is 10.2. The summed E-state index contributed by atoms with van der Waals surface area (Å²) in [5, 5.41) is 19.3. The molecule has 0 aromatic carbocycles. The van der Waals surface area contributed by atoms with Crippen LogP contribution < -0.4 is 5.11 Å². The number of carbonyl (C=O) groups is 1. The molecule has 3 rings (SSSR count). The quantitative estimate of drug-likeness (QED) is 0.720. The Labute approximate surface area is 125 Å². The van der Waals surface area contributed by atoms with Crippen LogP contribution in [-0.4, -0.2) is 39.2 Å². The maximum Gasteiger partial charge on any atom is 0.200 e. The van der Waals surface area contributed by atoms with E-state index in [1.807, 2.05) is 4.57 Å². The van der Waals surface area contributed by atoms with Gasteiger partial charge in [-0.3, -0.25) is 4.57 Å². The summed E-state index contributed by atoms with van der Waals surface area (Å²) in [5.41, 5.74) is 0. The van der Waals surface area contributed by atoms with Gasteiger partial charge in [-0.15, -0.1) is 10.2 Å². The van der Waals surface area contributed by atoms with E-state index in [1.165, 1.54) is 0 Å². The fourth-order valence-electron chi connectivity index (χ4n) is 2.26. The number of aromatic nitrogens is 3. The summed E-state index contributed by atoms with van der Waals surface area (Å²) in [5.74, 6) is -0.120. The highest BCUT2D eigenvalue weighted by Gasteiger charge is 2.22. The molecule has 8 heteroatoms. The summed E-state index contributed by atoms with van der Waals surface area (Å²) in [6.07, 6.45) is 3.66. The molecule has 0 amide bonds. The third kappa shape index (κ3) is 3.27. The number of carboxylic acids is 1. The minimum absolute atomic E-state index is 0.0945. The number of hydrogen-bond acceptors (Lipinski definition) is 7. The summed E-state index contributed by atoms with van der Waals surface area (Å²) >= 11 is 1.09. The highest BCUT2D eigenvalue weighted by molar-refractivity contribution is 7.99. The highest BCUT2D eigenvalue weighted by atomic mass is 32.2. The Hall–Kier alpha value is -1.80. The summed E-state index contributed by atoms with van der Waals surface area (Å²) < 4.78 is 12.8. The minimum atomic E-state index is -1.13. The van der Waals surface area contributed by atoms with Crippen LogP contribution in [0.15, 0.2) is 28.0 Å². The molecule has 1 atom stereocenters. The molecule has 2 aromatic rings. The van der Waals surface area contributed by atoms with Crippen LogP contribution in [0.1, 0.15) is 12.8 Å². The molecule has 7 nitrogen and oxygen atoms in total. The van der Waals surface area contributed by atoms with E-state index in [4.69, 9.17) is 9.15 Å². The molecule has 1 saturated heterocycles. The van der Waals surface area contributed by atoms with E-state index in [0.717, 1.165) is 31.2 Å². The molecule has 3 heterocycles. The topological polar surface area (TPSA) is 93.2 Å². The second kappa shape index (κ2) is 6.31. The molecular formula is C13H14N3O4S-. The van der Waals surface area contributed by atoms with Crippen molar-refractivity contribution in [2.45, 2.75) is 30.6 Å². The Kier molecular flexibility index (Phi) is 4.26. The Morgan fingerprint density at radius 2 is 2.43 bits per heavy atom. The summed E-state index contributed by atoms with van der Waals surface area (Å²) in [6.45, 7) is 1.34. The zero-order valence-corrected chi connectivity index (χ0v) is 12.0. The third-order valence-corrected chi connectivity index (χ3v) is 4.13. The number of furan rings is 1. The molecule has 0 spiro atoms. The first kappa shape index (κ1) is 14.2. The van der Waals surface area contributed by atoms with Crippen LogP contribution in [0.3, 0.4) is 0 Å². The molecule has 1 aliphatic heterocycles. The number of nitrogens with zero attached hydrogens (tertiary/aromatic N) is 3. The van der Waals surface area contributed by atoms with Crippen molar-refractivity contribution < 1.29 is 19.1 Å². The Morgan fingerprint density at radius 3 is 3.10 bits per heavy atom. The predicted molar refractivity (Wildman–Crippen MR) is 72.4 cm³/mol. The van der Waals surface area contributed by atoms with Gasteiger partial charge in [0, 0.05) is 12.4 Å². The second-order valence-corrected chi connectivity index (χ2v) is 5.63. The van der Waals surface area contributed by atoms with Crippen molar-refractivity contribution in [2.24, 2.45) is 0 Å². The number of hydrogen-bond donors (Lipinski definition) is 0. The standard InChI is InChI=1S/C13H15N3O4S/c17-11(18)8-21-13-15-14-12(10-4-2-6-20-10)16(13)7-9-3-1-5-19-9/h2,4,6,9H,1,3,5,7-8H2,(H,17,18)/p-1/t9-/m0/s1. The molecule has 0 aliphatic carbocycles. The first-order valence-electron chi connectivity index (χ1n) is 6.65. The largest absolute Gasteiger partial charge is 0.549 e. The lowest BCUT2D eigenvalue weighted by molar-refractivity contribution is -0.301. The lowest BCUT2D eigenvalue weighted by Crippen LogP contribution is -2.24. The fraction of sp³-hybridized carbons (Fsp3) is 0.462. The molecule has 1 aliphatic rings. The van der Waals surface area contributed by atoms with Crippen molar-refractivity contribution in [1.29, 1.82) is 0 Å². The van der Waals surface area contributed by atoms with Crippen LogP contribution in [0.2, 0.25) is 0 Å². The number of carbonyl (C=O) groups excluding carboxylic acids is 1. The number of carboxylic acid groups (broad SMARTS) is 1.